The molecule has 0 aromatic rings. The van der Waals surface area contributed by atoms with Crippen molar-refractivity contribution in [3.05, 3.63) is 0 Å². The average Bonchev–Trinajstić information content (AvgIpc) is 1.52. The Morgan fingerprint density at radius 2 is 1.21 bits per heavy atom. The van der Waals surface area contributed by atoms with E-state index in [0.29, 0.717) is 38.5 Å². The Labute approximate surface area is 565 Å². The van der Waals surface area contributed by atoms with E-state index in [9.17, 15) is 69.5 Å². The smallest absolute Gasteiger partial charge is 0.351 e. The van der Waals surface area contributed by atoms with Gasteiger partial charge in [0.25, 0.3) is 0 Å². The highest BCUT2D eigenvalue weighted by Gasteiger charge is 2.52. The minimum absolute atomic E-state index is 0.0379. The van der Waals surface area contributed by atoms with Crippen LogP contribution in [0.1, 0.15) is 189 Å². The Morgan fingerprint density at radius 3 is 1.79 bits per heavy atom. The van der Waals surface area contributed by atoms with Gasteiger partial charge in [0.15, 0.2) is 0 Å². The van der Waals surface area contributed by atoms with Gasteiger partial charge in [0.1, 0.15) is 47.8 Å². The van der Waals surface area contributed by atoms with Crippen LogP contribution < -0.4 is 26.6 Å². The third-order valence-corrected chi connectivity index (χ3v) is 22.3. The van der Waals surface area contributed by atoms with Gasteiger partial charge in [-0.05, 0) is 152 Å². The number of rotatable bonds is 10. The van der Waals surface area contributed by atoms with Crippen LogP contribution in [0, 0.1) is 41.4 Å². The van der Waals surface area contributed by atoms with Gasteiger partial charge in [0.05, 0.1) is 24.9 Å². The molecule has 4 aliphatic carbocycles. The molecule has 7 rings (SSSR count). The summed E-state index contributed by atoms with van der Waals surface area (Å²) in [5.41, 5.74) is -1.51. The van der Waals surface area contributed by atoms with Gasteiger partial charge in [-0.15, -0.1) is 11.6 Å². The van der Waals surface area contributed by atoms with Crippen LogP contribution in [0.2, 0.25) is 0 Å². The number of carbonyl (C=O) groups is 11. The van der Waals surface area contributed by atoms with E-state index in [-0.39, 0.29) is 128 Å². The number of amides is 11. The van der Waals surface area contributed by atoms with Gasteiger partial charge in [-0.25, -0.2) is 0 Å². The molecule has 29 heteroatoms. The standard InChI is InChI=1S/C67H104ClF6N11O11/c1-10-39(4)55-63(95)81(7)37-54(88)84-31-27-50(84)57(89)77-48(35-42-19-23-44(24-20-42)66(69,70)71)61(93)80(6)36-52(86)76-47(26-22-41-21-25-45(46(68)34-41)67(72,73)74)62(94)85-30-15-18-49(85)59(91)79-65(28-13-14-29-65)64(96)83(9)56(43-16-11-12-17-43)60(92)75-40(5)33-53(87)82(8)51(32-38(2)3)58(90)78-55/h38-51,55-56H,10-37H2,1-9H3,(H,75,92)(H,76,86)(H,77,89)(H,78,90)(H,79,91)/t39-,40+,41?,42?,44?,45?,46?,47-,48-,49-,50-,51-,55-,56-/m0/s1. The van der Waals surface area contributed by atoms with Crippen molar-refractivity contribution in [1.82, 2.24) is 56.0 Å². The fraction of sp³-hybridized carbons (Fsp3) is 0.836. The molecule has 1 spiro atoms. The Kier molecular flexibility index (Phi) is 26.8. The molecule has 22 nitrogen and oxygen atoms in total. The van der Waals surface area contributed by atoms with Crippen LogP contribution in [0.5, 0.6) is 0 Å². The molecule has 0 aromatic carbocycles. The molecule has 96 heavy (non-hydrogen) atoms. The van der Waals surface area contributed by atoms with E-state index in [1.54, 1.807) is 13.8 Å². The van der Waals surface area contributed by atoms with E-state index in [2.05, 4.69) is 26.6 Å². The number of nitrogens with one attached hydrogen (secondary N) is 5. The normalized spacial score (nSPS) is 32.3. The van der Waals surface area contributed by atoms with Gasteiger partial charge < -0.3 is 56.0 Å². The van der Waals surface area contributed by atoms with Crippen molar-refractivity contribution >= 4 is 76.6 Å². The monoisotopic (exact) mass is 1390 g/mol. The second kappa shape index (κ2) is 33.3. The molecular weight excluding hydrogens is 1280 g/mol. The maximum Gasteiger partial charge on any atom is 0.393 e. The first-order valence-corrected chi connectivity index (χ1v) is 35.4. The predicted octanol–water partition coefficient (Wildman–Crippen LogP) is 6.35. The molecule has 0 aromatic heterocycles. The number of hydrogen-bond acceptors (Lipinski definition) is 11. The number of fused-ring (bicyclic) bond motifs is 2. The van der Waals surface area contributed by atoms with Crippen LogP contribution in [0.4, 0.5) is 26.3 Å². The van der Waals surface area contributed by atoms with E-state index in [4.69, 9.17) is 11.6 Å². The topological polar surface area (TPSA) is 267 Å². The minimum Gasteiger partial charge on any atom is -0.351 e. The molecule has 7 aliphatic rings. The fourth-order valence-electron chi connectivity index (χ4n) is 15.8. The molecule has 3 unspecified atom stereocenters. The lowest BCUT2D eigenvalue weighted by Gasteiger charge is -2.41. The Hall–Kier alpha value is -5.96. The van der Waals surface area contributed by atoms with Crippen LogP contribution >= 0.6 is 11.6 Å². The molecule has 3 saturated heterocycles. The maximum absolute atomic E-state index is 15.3. The van der Waals surface area contributed by atoms with E-state index >= 15 is 9.59 Å². The summed E-state index contributed by atoms with van der Waals surface area (Å²) in [5, 5.41) is 13.1. The van der Waals surface area contributed by atoms with Crippen molar-refractivity contribution in [3.8, 4) is 0 Å². The minimum atomic E-state index is -4.53. The summed E-state index contributed by atoms with van der Waals surface area (Å²) in [6.07, 6.45) is -4.37. The zero-order valence-electron chi connectivity index (χ0n) is 57.4. The molecule has 11 amide bonds. The summed E-state index contributed by atoms with van der Waals surface area (Å²) in [5.74, 6) is -12.4. The van der Waals surface area contributed by atoms with Crippen LogP contribution in [-0.4, -0.2) is 220 Å². The summed E-state index contributed by atoms with van der Waals surface area (Å²) in [7, 11) is 5.62. The molecule has 5 N–H and O–H groups in total. The number of halogens is 7. The van der Waals surface area contributed by atoms with Gasteiger partial charge >= 0.3 is 12.4 Å². The van der Waals surface area contributed by atoms with Crippen molar-refractivity contribution in [2.24, 2.45) is 41.4 Å². The molecule has 3 aliphatic heterocycles. The first kappa shape index (κ1) is 77.4. The molecule has 0 bridgehead atoms. The van der Waals surface area contributed by atoms with Gasteiger partial charge in [0, 0.05) is 59.1 Å². The number of alkyl halides is 7. The van der Waals surface area contributed by atoms with E-state index in [1.807, 2.05) is 20.8 Å². The molecule has 0 radical (unpaired) electrons. The van der Waals surface area contributed by atoms with Crippen LogP contribution in [0.15, 0.2) is 0 Å². The molecule has 12 atom stereocenters. The van der Waals surface area contributed by atoms with Crippen LogP contribution in [0.25, 0.3) is 0 Å². The second-order valence-corrected chi connectivity index (χ2v) is 29.9. The van der Waals surface area contributed by atoms with Gasteiger partial charge in [-0.3, -0.25) is 52.7 Å². The third kappa shape index (κ3) is 19.3. The number of carbonyl (C=O) groups excluding carboxylic acids is 11. The van der Waals surface area contributed by atoms with Gasteiger partial charge in [-0.2, -0.15) is 26.3 Å². The predicted molar refractivity (Wildman–Crippen MR) is 343 cm³/mol. The quantitative estimate of drug-likeness (QED) is 0.119. The first-order valence-electron chi connectivity index (χ1n) is 35.0. The summed E-state index contributed by atoms with van der Waals surface area (Å²) in [6.45, 7) is 7.79. The Morgan fingerprint density at radius 1 is 0.583 bits per heavy atom. The third-order valence-electron chi connectivity index (χ3n) is 21.9. The Bertz CT molecular complexity index is 2800. The average molecular weight is 1390 g/mol. The van der Waals surface area contributed by atoms with Crippen molar-refractivity contribution in [2.45, 2.75) is 260 Å². The van der Waals surface area contributed by atoms with E-state index < -0.39 is 179 Å². The van der Waals surface area contributed by atoms with Crippen molar-refractivity contribution in [1.29, 1.82) is 0 Å². The zero-order chi connectivity index (χ0) is 70.9. The number of likely N-dealkylation sites (N-methyl/N-ethyl adjacent to an activating group) is 4. The second-order valence-electron chi connectivity index (χ2n) is 29.4. The molecular formula is C67H104ClF6N11O11. The molecule has 542 valence electrons. The summed E-state index contributed by atoms with van der Waals surface area (Å²) in [4.78, 5) is 168. The summed E-state index contributed by atoms with van der Waals surface area (Å²) in [6, 6.07) is -9.25. The molecule has 7 fully saturated rings. The maximum atomic E-state index is 15.3. The summed E-state index contributed by atoms with van der Waals surface area (Å²) >= 11 is 6.35. The van der Waals surface area contributed by atoms with Crippen LogP contribution in [0.3, 0.4) is 0 Å². The highest BCUT2D eigenvalue weighted by molar-refractivity contribution is 6.20. The lowest BCUT2D eigenvalue weighted by molar-refractivity contribution is -0.184. The molecule has 3 heterocycles. The fourth-order valence-corrected chi connectivity index (χ4v) is 16.3. The van der Waals surface area contributed by atoms with Crippen molar-refractivity contribution in [2.75, 3.05) is 54.4 Å². The van der Waals surface area contributed by atoms with Crippen molar-refractivity contribution in [3.63, 3.8) is 0 Å². The van der Waals surface area contributed by atoms with Gasteiger partial charge in [-0.1, -0.05) is 59.8 Å². The number of hydrogen-bond donors (Lipinski definition) is 5. The van der Waals surface area contributed by atoms with Crippen LogP contribution in [-0.2, 0) is 52.7 Å². The highest BCUT2D eigenvalue weighted by Crippen LogP contribution is 2.45. The Balaban J connectivity index is 1.22. The van der Waals surface area contributed by atoms with Crippen molar-refractivity contribution < 1.29 is 79.1 Å². The van der Waals surface area contributed by atoms with E-state index in [0.717, 1.165) is 22.6 Å². The largest absolute Gasteiger partial charge is 0.393 e. The van der Waals surface area contributed by atoms with Gasteiger partial charge in [0.2, 0.25) is 65.0 Å². The first-order chi connectivity index (χ1) is 45.0. The SMILES string of the molecule is CC[C@H](C)[C@@H]1NC(=O)[C@H](CC(C)C)N(C)C(=O)C[C@@H](C)NC(=O)[C@H](C2CCCC2)N(C)C(=O)C2(CCCC2)NC(=O)[C@@H]2CCCN2C(=O)[C@H](CCC2CCC(C(F)(F)F)C(Cl)C2)NC(=O)CN(C)C(=O)[C@H](CC2CCC(C(F)(F)F)CC2)NC(=O)[C@@H]2CCN2C(=O)CN(C)C1=O. The summed E-state index contributed by atoms with van der Waals surface area (Å²) < 4.78 is 83.4. The lowest BCUT2D eigenvalue weighted by Crippen LogP contribution is -2.64. The lowest BCUT2D eigenvalue weighted by atomic mass is 9.78. The molecule has 4 saturated carbocycles. The zero-order valence-corrected chi connectivity index (χ0v) is 58.1. The van der Waals surface area contributed by atoms with E-state index in [1.165, 1.54) is 47.8 Å². The highest BCUT2D eigenvalue weighted by atomic mass is 35.5. The number of nitrogens with zero attached hydrogens (tertiary/aromatic N) is 6.